The minimum Gasteiger partial charge on any atom is -0.453 e. The van der Waals surface area contributed by atoms with E-state index in [9.17, 15) is 14.7 Å². The van der Waals surface area contributed by atoms with Crippen LogP contribution in [0.5, 0.6) is 0 Å². The second-order valence-electron chi connectivity index (χ2n) is 5.43. The summed E-state index contributed by atoms with van der Waals surface area (Å²) in [5.74, 6) is -1.09. The number of hydrogen-bond donors (Lipinski definition) is 2. The molecule has 6 nitrogen and oxygen atoms in total. The molecule has 2 atom stereocenters. The Hall–Kier alpha value is -2.44. The van der Waals surface area contributed by atoms with Crippen LogP contribution in [-0.2, 0) is 19.1 Å². The molecule has 0 aromatic heterocycles. The first-order valence-electron chi connectivity index (χ1n) is 7.43. The Bertz CT molecular complexity index is 566. The number of rotatable bonds is 8. The third-order valence-electron chi connectivity index (χ3n) is 3.26. The Labute approximate surface area is 141 Å². The number of carbonyl (C=O) groups is 2. The van der Waals surface area contributed by atoms with Crippen LogP contribution in [0.25, 0.3) is 0 Å². The van der Waals surface area contributed by atoms with Gasteiger partial charge >= 0.3 is 11.9 Å². The molecule has 6 heteroatoms. The van der Waals surface area contributed by atoms with Gasteiger partial charge in [0.1, 0.15) is 6.10 Å². The first-order valence-corrected chi connectivity index (χ1v) is 7.43. The van der Waals surface area contributed by atoms with Crippen LogP contribution in [0.2, 0.25) is 0 Å². The SMILES string of the molecule is C=C(C)C(=O)OC(CN)c1ccc(C(CO)OC(=O)C(=C)C)cc1. The van der Waals surface area contributed by atoms with Crippen molar-refractivity contribution in [2.45, 2.75) is 26.1 Å². The normalized spacial score (nSPS) is 12.8. The Morgan fingerprint density at radius 2 is 1.38 bits per heavy atom. The molecule has 0 aliphatic heterocycles. The molecule has 3 N–H and O–H groups in total. The number of esters is 2. The third-order valence-corrected chi connectivity index (χ3v) is 3.26. The van der Waals surface area contributed by atoms with E-state index >= 15 is 0 Å². The van der Waals surface area contributed by atoms with Crippen molar-refractivity contribution in [2.24, 2.45) is 5.73 Å². The topological polar surface area (TPSA) is 98.8 Å². The zero-order valence-corrected chi connectivity index (χ0v) is 14.0. The lowest BCUT2D eigenvalue weighted by atomic mass is 10.0. The zero-order chi connectivity index (χ0) is 18.3. The van der Waals surface area contributed by atoms with Crippen LogP contribution in [0, 0.1) is 0 Å². The largest absolute Gasteiger partial charge is 0.453 e. The van der Waals surface area contributed by atoms with Gasteiger partial charge in [0.25, 0.3) is 0 Å². The van der Waals surface area contributed by atoms with Crippen LogP contribution in [0.3, 0.4) is 0 Å². The maximum atomic E-state index is 11.6. The van der Waals surface area contributed by atoms with Crippen molar-refractivity contribution in [2.75, 3.05) is 13.2 Å². The van der Waals surface area contributed by atoms with Gasteiger partial charge in [0.15, 0.2) is 6.10 Å². The number of hydrogen-bond acceptors (Lipinski definition) is 6. The van der Waals surface area contributed by atoms with E-state index in [0.29, 0.717) is 11.1 Å². The fraction of sp³-hybridized carbons (Fsp3) is 0.333. The smallest absolute Gasteiger partial charge is 0.333 e. The van der Waals surface area contributed by atoms with E-state index in [-0.39, 0.29) is 24.3 Å². The number of benzene rings is 1. The van der Waals surface area contributed by atoms with E-state index < -0.39 is 24.1 Å². The molecule has 0 aliphatic carbocycles. The molecule has 0 saturated carbocycles. The second kappa shape index (κ2) is 9.00. The number of carbonyl (C=O) groups excluding carboxylic acids is 2. The number of ether oxygens (including phenoxy) is 2. The van der Waals surface area contributed by atoms with Crippen LogP contribution >= 0.6 is 0 Å². The number of aliphatic hydroxyl groups excluding tert-OH is 1. The molecule has 1 aromatic rings. The molecule has 0 bridgehead atoms. The molecule has 2 unspecified atom stereocenters. The lowest BCUT2D eigenvalue weighted by molar-refractivity contribution is -0.147. The van der Waals surface area contributed by atoms with E-state index in [0.717, 1.165) is 0 Å². The van der Waals surface area contributed by atoms with Gasteiger partial charge in [-0.25, -0.2) is 9.59 Å². The molecule has 0 saturated heterocycles. The number of aliphatic hydroxyl groups is 1. The minimum atomic E-state index is -0.794. The highest BCUT2D eigenvalue weighted by Gasteiger charge is 2.19. The second-order valence-corrected chi connectivity index (χ2v) is 5.43. The Morgan fingerprint density at radius 3 is 1.71 bits per heavy atom. The predicted octanol–water partition coefficient (Wildman–Crippen LogP) is 1.96. The van der Waals surface area contributed by atoms with Crippen LogP contribution in [0.15, 0.2) is 48.6 Å². The van der Waals surface area contributed by atoms with E-state index in [2.05, 4.69) is 13.2 Å². The van der Waals surface area contributed by atoms with Crippen molar-refractivity contribution in [1.29, 1.82) is 0 Å². The minimum absolute atomic E-state index is 0.118. The zero-order valence-electron chi connectivity index (χ0n) is 14.0. The van der Waals surface area contributed by atoms with Crippen molar-refractivity contribution in [3.63, 3.8) is 0 Å². The molecule has 0 aliphatic rings. The van der Waals surface area contributed by atoms with E-state index in [1.54, 1.807) is 31.2 Å². The number of nitrogens with two attached hydrogens (primary N) is 1. The Morgan fingerprint density at radius 1 is 1.00 bits per heavy atom. The molecule has 0 fully saturated rings. The monoisotopic (exact) mass is 333 g/mol. The summed E-state index contributed by atoms with van der Waals surface area (Å²) >= 11 is 0. The van der Waals surface area contributed by atoms with Crippen molar-refractivity contribution in [3.05, 3.63) is 59.7 Å². The van der Waals surface area contributed by atoms with Crippen LogP contribution in [0.1, 0.15) is 37.2 Å². The molecule has 0 spiro atoms. The summed E-state index contributed by atoms with van der Waals surface area (Å²) in [7, 11) is 0. The van der Waals surface area contributed by atoms with Crippen LogP contribution < -0.4 is 5.73 Å². The summed E-state index contributed by atoms with van der Waals surface area (Å²) in [6.45, 7) is 9.87. The Balaban J connectivity index is 2.89. The molecule has 0 heterocycles. The average molecular weight is 333 g/mol. The van der Waals surface area contributed by atoms with Gasteiger partial charge < -0.3 is 20.3 Å². The summed E-state index contributed by atoms with van der Waals surface area (Å²) in [5.41, 5.74) is 7.49. The molecule has 0 amide bonds. The lowest BCUT2D eigenvalue weighted by Crippen LogP contribution is -2.20. The van der Waals surface area contributed by atoms with Crippen molar-refractivity contribution >= 4 is 11.9 Å². The first-order chi connectivity index (χ1) is 11.3. The summed E-state index contributed by atoms with van der Waals surface area (Å²) < 4.78 is 10.4. The third kappa shape index (κ3) is 5.33. The van der Waals surface area contributed by atoms with Crippen LogP contribution in [0.4, 0.5) is 0 Å². The summed E-state index contributed by atoms with van der Waals surface area (Å²) in [5, 5.41) is 9.41. The van der Waals surface area contributed by atoms with Gasteiger partial charge in [-0.3, -0.25) is 0 Å². The molecule has 1 aromatic carbocycles. The lowest BCUT2D eigenvalue weighted by Gasteiger charge is -2.19. The van der Waals surface area contributed by atoms with Gasteiger partial charge in [0, 0.05) is 17.7 Å². The molecular formula is C18H23NO5. The van der Waals surface area contributed by atoms with Gasteiger partial charge in [0.2, 0.25) is 0 Å². The molecular weight excluding hydrogens is 310 g/mol. The van der Waals surface area contributed by atoms with E-state index in [4.69, 9.17) is 15.2 Å². The fourth-order valence-electron chi connectivity index (χ4n) is 1.85. The summed E-state index contributed by atoms with van der Waals surface area (Å²) in [6.07, 6.45) is -1.40. The molecule has 130 valence electrons. The van der Waals surface area contributed by atoms with E-state index in [1.165, 1.54) is 6.92 Å². The Kier molecular flexibility index (Phi) is 7.35. The average Bonchev–Trinajstić information content (AvgIpc) is 2.57. The quantitative estimate of drug-likeness (QED) is 0.557. The van der Waals surface area contributed by atoms with Gasteiger partial charge in [-0.05, 0) is 25.0 Å². The van der Waals surface area contributed by atoms with Crippen molar-refractivity contribution in [1.82, 2.24) is 0 Å². The molecule has 1 rings (SSSR count). The van der Waals surface area contributed by atoms with E-state index in [1.807, 2.05) is 0 Å². The molecule has 24 heavy (non-hydrogen) atoms. The summed E-state index contributed by atoms with van der Waals surface area (Å²) in [6, 6.07) is 6.77. The highest BCUT2D eigenvalue weighted by Crippen LogP contribution is 2.23. The van der Waals surface area contributed by atoms with Crippen LogP contribution in [-0.4, -0.2) is 30.2 Å². The van der Waals surface area contributed by atoms with Gasteiger partial charge in [0.05, 0.1) is 6.61 Å². The highest BCUT2D eigenvalue weighted by molar-refractivity contribution is 5.87. The maximum Gasteiger partial charge on any atom is 0.333 e. The van der Waals surface area contributed by atoms with Gasteiger partial charge in [-0.15, -0.1) is 0 Å². The first kappa shape index (κ1) is 19.6. The summed E-state index contributed by atoms with van der Waals surface area (Å²) in [4.78, 5) is 23.2. The van der Waals surface area contributed by atoms with Gasteiger partial charge in [-0.1, -0.05) is 37.4 Å². The highest BCUT2D eigenvalue weighted by atomic mass is 16.6. The molecule has 0 radical (unpaired) electrons. The fourth-order valence-corrected chi connectivity index (χ4v) is 1.85. The standard InChI is InChI=1S/C18H23NO5/c1-11(2)17(21)23-15(9-19)13-5-7-14(8-6-13)16(10-20)24-18(22)12(3)4/h5-8,15-16,20H,1,3,9-10,19H2,2,4H3. The maximum absolute atomic E-state index is 11.6. The van der Waals surface area contributed by atoms with Gasteiger partial charge in [-0.2, -0.15) is 0 Å². The van der Waals surface area contributed by atoms with Crippen molar-refractivity contribution in [3.8, 4) is 0 Å². The van der Waals surface area contributed by atoms with Crippen molar-refractivity contribution < 1.29 is 24.2 Å². The predicted molar refractivity (Wildman–Crippen MR) is 89.9 cm³/mol.